The number of anilines is 1. The van der Waals surface area contributed by atoms with Crippen LogP contribution >= 0.6 is 11.3 Å². The molecule has 1 aliphatic rings. The molecule has 154 valence electrons. The Morgan fingerprint density at radius 3 is 2.76 bits per heavy atom. The molecule has 8 heteroatoms. The fourth-order valence-corrected chi connectivity index (χ4v) is 4.49. The standard InChI is InChI=1S/C21H27N5O2S/c1-15(2)26-8-7-17(23-26)20(27)25(10-9-24-11-13-28-14-12-24)21-22-19-16(3)5-4-6-18(19)29-21/h4-8,15H,9-14H2,1-3H3. The largest absolute Gasteiger partial charge is 0.379 e. The lowest BCUT2D eigenvalue weighted by Gasteiger charge is -2.29. The van der Waals surface area contributed by atoms with Crippen LogP contribution in [0.25, 0.3) is 10.2 Å². The Balaban J connectivity index is 1.63. The summed E-state index contributed by atoms with van der Waals surface area (Å²) in [6.07, 6.45) is 1.86. The van der Waals surface area contributed by atoms with Crippen LogP contribution in [0, 0.1) is 6.92 Å². The van der Waals surface area contributed by atoms with E-state index in [-0.39, 0.29) is 11.9 Å². The van der Waals surface area contributed by atoms with Crippen molar-refractivity contribution >= 4 is 32.6 Å². The molecule has 1 fully saturated rings. The van der Waals surface area contributed by atoms with Crippen molar-refractivity contribution in [2.75, 3.05) is 44.3 Å². The zero-order valence-electron chi connectivity index (χ0n) is 17.2. The van der Waals surface area contributed by atoms with E-state index in [1.54, 1.807) is 22.3 Å². The van der Waals surface area contributed by atoms with Gasteiger partial charge in [0.25, 0.3) is 5.91 Å². The van der Waals surface area contributed by atoms with Crippen molar-refractivity contribution in [1.82, 2.24) is 19.7 Å². The van der Waals surface area contributed by atoms with Crippen LogP contribution in [0.1, 0.15) is 35.9 Å². The topological polar surface area (TPSA) is 63.5 Å². The highest BCUT2D eigenvalue weighted by Gasteiger charge is 2.25. The molecule has 3 aromatic rings. The Kier molecular flexibility index (Phi) is 5.94. The lowest BCUT2D eigenvalue weighted by Crippen LogP contribution is -2.43. The first kappa shape index (κ1) is 20.0. The number of morpholine rings is 1. The van der Waals surface area contributed by atoms with E-state index in [0.717, 1.165) is 53.8 Å². The van der Waals surface area contributed by atoms with Crippen LogP contribution in [-0.4, -0.2) is 65.0 Å². The predicted octanol–water partition coefficient (Wildman–Crippen LogP) is 3.36. The van der Waals surface area contributed by atoms with Gasteiger partial charge in [0.05, 0.1) is 23.4 Å². The smallest absolute Gasteiger partial charge is 0.280 e. The zero-order valence-corrected chi connectivity index (χ0v) is 18.0. The van der Waals surface area contributed by atoms with Gasteiger partial charge in [0.2, 0.25) is 0 Å². The number of nitrogens with zero attached hydrogens (tertiary/aromatic N) is 5. The maximum atomic E-state index is 13.4. The number of aryl methyl sites for hydroxylation is 1. The number of amides is 1. The molecular weight excluding hydrogens is 386 g/mol. The van der Waals surface area contributed by atoms with Gasteiger partial charge in [0.1, 0.15) is 0 Å². The molecule has 1 saturated heterocycles. The molecule has 1 amide bonds. The number of hydrogen-bond donors (Lipinski definition) is 0. The summed E-state index contributed by atoms with van der Waals surface area (Å²) in [5.41, 5.74) is 2.54. The van der Waals surface area contributed by atoms with E-state index in [4.69, 9.17) is 9.72 Å². The third-order valence-corrected chi connectivity index (χ3v) is 6.23. The summed E-state index contributed by atoms with van der Waals surface area (Å²) in [4.78, 5) is 22.3. The lowest BCUT2D eigenvalue weighted by atomic mass is 10.2. The number of rotatable bonds is 6. The van der Waals surface area contributed by atoms with Gasteiger partial charge >= 0.3 is 0 Å². The molecule has 0 aliphatic carbocycles. The van der Waals surface area contributed by atoms with Crippen LogP contribution in [0.4, 0.5) is 5.13 Å². The molecule has 3 heterocycles. The van der Waals surface area contributed by atoms with Crippen molar-refractivity contribution < 1.29 is 9.53 Å². The Morgan fingerprint density at radius 1 is 1.28 bits per heavy atom. The highest BCUT2D eigenvalue weighted by molar-refractivity contribution is 7.22. The van der Waals surface area contributed by atoms with Gasteiger partial charge in [0, 0.05) is 38.4 Å². The van der Waals surface area contributed by atoms with Crippen LogP contribution in [0.2, 0.25) is 0 Å². The minimum Gasteiger partial charge on any atom is -0.379 e. The van der Waals surface area contributed by atoms with Crippen LogP contribution in [0.5, 0.6) is 0 Å². The molecule has 0 radical (unpaired) electrons. The van der Waals surface area contributed by atoms with E-state index in [0.29, 0.717) is 12.2 Å². The normalized spacial score (nSPS) is 15.3. The number of carbonyl (C=O) groups excluding carboxylic acids is 1. The number of carbonyl (C=O) groups is 1. The van der Waals surface area contributed by atoms with E-state index in [2.05, 4.69) is 29.1 Å². The van der Waals surface area contributed by atoms with E-state index >= 15 is 0 Å². The molecule has 2 aromatic heterocycles. The van der Waals surface area contributed by atoms with Gasteiger partial charge in [-0.2, -0.15) is 5.10 Å². The SMILES string of the molecule is Cc1cccc2sc(N(CCN3CCOCC3)C(=O)c3ccn(C(C)C)n3)nc12. The molecule has 0 atom stereocenters. The molecule has 0 bridgehead atoms. The van der Waals surface area contributed by atoms with Gasteiger partial charge in [0.15, 0.2) is 10.8 Å². The molecule has 29 heavy (non-hydrogen) atoms. The highest BCUT2D eigenvalue weighted by Crippen LogP contribution is 2.31. The number of ether oxygens (including phenoxy) is 1. The summed E-state index contributed by atoms with van der Waals surface area (Å²) in [5.74, 6) is -0.102. The van der Waals surface area contributed by atoms with E-state index < -0.39 is 0 Å². The second kappa shape index (κ2) is 8.61. The van der Waals surface area contributed by atoms with Gasteiger partial charge < -0.3 is 4.74 Å². The molecule has 1 aromatic carbocycles. The molecule has 0 saturated carbocycles. The molecule has 7 nitrogen and oxygen atoms in total. The number of para-hydroxylation sites is 1. The molecule has 0 N–H and O–H groups in total. The minimum atomic E-state index is -0.102. The van der Waals surface area contributed by atoms with Gasteiger partial charge in [-0.15, -0.1) is 0 Å². The Morgan fingerprint density at radius 2 is 2.07 bits per heavy atom. The van der Waals surface area contributed by atoms with Crippen molar-refractivity contribution in [2.45, 2.75) is 26.8 Å². The fourth-order valence-electron chi connectivity index (χ4n) is 3.42. The number of fused-ring (bicyclic) bond motifs is 1. The van der Waals surface area contributed by atoms with Crippen molar-refractivity contribution in [1.29, 1.82) is 0 Å². The summed E-state index contributed by atoms with van der Waals surface area (Å²) < 4.78 is 8.35. The van der Waals surface area contributed by atoms with Crippen molar-refractivity contribution in [3.05, 3.63) is 41.7 Å². The van der Waals surface area contributed by atoms with Crippen LogP contribution in [0.3, 0.4) is 0 Å². The van der Waals surface area contributed by atoms with Gasteiger partial charge in [-0.05, 0) is 38.5 Å². The summed E-state index contributed by atoms with van der Waals surface area (Å²) in [7, 11) is 0. The molecule has 4 rings (SSSR count). The first-order chi connectivity index (χ1) is 14.0. The first-order valence-corrected chi connectivity index (χ1v) is 10.9. The third-order valence-electron chi connectivity index (χ3n) is 5.19. The molecule has 1 aliphatic heterocycles. The predicted molar refractivity (Wildman–Crippen MR) is 116 cm³/mol. The van der Waals surface area contributed by atoms with E-state index in [1.807, 2.05) is 30.8 Å². The maximum absolute atomic E-state index is 13.4. The number of benzene rings is 1. The molecular formula is C21H27N5O2S. The number of aromatic nitrogens is 3. The average Bonchev–Trinajstić information content (AvgIpc) is 3.37. The second-order valence-electron chi connectivity index (χ2n) is 7.60. The third kappa shape index (κ3) is 4.34. The Labute approximate surface area is 174 Å². The average molecular weight is 414 g/mol. The van der Waals surface area contributed by atoms with Crippen molar-refractivity contribution in [3.8, 4) is 0 Å². The summed E-state index contributed by atoms with van der Waals surface area (Å²) in [5, 5.41) is 5.22. The quantitative estimate of drug-likeness (QED) is 0.620. The van der Waals surface area contributed by atoms with Crippen molar-refractivity contribution in [2.24, 2.45) is 0 Å². The fraction of sp³-hybridized carbons (Fsp3) is 0.476. The van der Waals surface area contributed by atoms with E-state index in [9.17, 15) is 4.79 Å². The first-order valence-electron chi connectivity index (χ1n) is 10.1. The highest BCUT2D eigenvalue weighted by atomic mass is 32.1. The summed E-state index contributed by atoms with van der Waals surface area (Å²) >= 11 is 1.56. The number of hydrogen-bond acceptors (Lipinski definition) is 6. The van der Waals surface area contributed by atoms with Crippen LogP contribution in [-0.2, 0) is 4.74 Å². The van der Waals surface area contributed by atoms with Crippen LogP contribution in [0.15, 0.2) is 30.5 Å². The zero-order chi connectivity index (χ0) is 20.4. The van der Waals surface area contributed by atoms with Gasteiger partial charge in [-0.25, -0.2) is 4.98 Å². The molecule has 0 unspecified atom stereocenters. The summed E-state index contributed by atoms with van der Waals surface area (Å²) in [6.45, 7) is 10.8. The second-order valence-corrected chi connectivity index (χ2v) is 8.61. The summed E-state index contributed by atoms with van der Waals surface area (Å²) in [6, 6.07) is 8.15. The maximum Gasteiger partial charge on any atom is 0.280 e. The minimum absolute atomic E-state index is 0.102. The van der Waals surface area contributed by atoms with Crippen LogP contribution < -0.4 is 4.90 Å². The molecule has 0 spiro atoms. The number of thiazole rings is 1. The Bertz CT molecular complexity index is 990. The monoisotopic (exact) mass is 413 g/mol. The Hall–Kier alpha value is -2.29. The van der Waals surface area contributed by atoms with E-state index in [1.165, 1.54) is 0 Å². The van der Waals surface area contributed by atoms with Crippen molar-refractivity contribution in [3.63, 3.8) is 0 Å². The van der Waals surface area contributed by atoms with Gasteiger partial charge in [-0.3, -0.25) is 19.3 Å². The lowest BCUT2D eigenvalue weighted by molar-refractivity contribution is 0.0391. The van der Waals surface area contributed by atoms with Gasteiger partial charge in [-0.1, -0.05) is 23.5 Å².